The fourth-order valence-corrected chi connectivity index (χ4v) is 1.88. The van der Waals surface area contributed by atoms with Gasteiger partial charge in [-0.15, -0.1) is 0 Å². The van der Waals surface area contributed by atoms with Gasteiger partial charge in [-0.05, 0) is 18.9 Å². The van der Waals surface area contributed by atoms with E-state index in [1.807, 2.05) is 0 Å². The highest BCUT2D eigenvalue weighted by molar-refractivity contribution is 6.13. The molecule has 1 aliphatic carbocycles. The summed E-state index contributed by atoms with van der Waals surface area (Å²) in [5.41, 5.74) is 1.29. The van der Waals surface area contributed by atoms with E-state index in [0.29, 0.717) is 24.0 Å². The van der Waals surface area contributed by atoms with Crippen molar-refractivity contribution in [1.82, 2.24) is 0 Å². The van der Waals surface area contributed by atoms with Gasteiger partial charge >= 0.3 is 5.97 Å². The van der Waals surface area contributed by atoms with Gasteiger partial charge in [-0.25, -0.2) is 4.79 Å². The summed E-state index contributed by atoms with van der Waals surface area (Å²) in [6.45, 7) is 0. The minimum Gasteiger partial charge on any atom is -0.508 e. The highest BCUT2D eigenvalue weighted by Crippen LogP contribution is 2.30. The molecule has 0 aliphatic heterocycles. The van der Waals surface area contributed by atoms with Crippen LogP contribution in [0.15, 0.2) is 29.8 Å². The van der Waals surface area contributed by atoms with Crippen molar-refractivity contribution in [3.63, 3.8) is 0 Å². The first-order valence-electron chi connectivity index (χ1n) is 4.88. The largest absolute Gasteiger partial charge is 0.508 e. The van der Waals surface area contributed by atoms with Gasteiger partial charge in [-0.1, -0.05) is 12.1 Å². The molecule has 0 atom stereocenters. The average molecular weight is 218 g/mol. The number of allylic oxidation sites excluding steroid dienone is 1. The number of aliphatic carboxylic acids is 1. The van der Waals surface area contributed by atoms with E-state index in [-0.39, 0.29) is 17.1 Å². The minimum atomic E-state index is -1.12. The molecule has 0 amide bonds. The fraction of sp³-hybridized carbons (Fsp3) is 0.167. The number of ketones is 1. The lowest BCUT2D eigenvalue weighted by molar-refractivity contribution is -0.131. The van der Waals surface area contributed by atoms with Crippen molar-refractivity contribution in [3.8, 4) is 5.75 Å². The Morgan fingerprint density at radius 2 is 2.06 bits per heavy atom. The summed E-state index contributed by atoms with van der Waals surface area (Å²) in [5, 5.41) is 18.2. The lowest BCUT2D eigenvalue weighted by Crippen LogP contribution is -2.15. The Hall–Kier alpha value is -2.10. The molecule has 0 saturated heterocycles. The van der Waals surface area contributed by atoms with Gasteiger partial charge in [0.05, 0.1) is 0 Å². The van der Waals surface area contributed by atoms with E-state index in [2.05, 4.69) is 0 Å². The summed E-state index contributed by atoms with van der Waals surface area (Å²) in [4.78, 5) is 22.4. The number of phenols is 1. The first-order chi connectivity index (χ1) is 7.59. The minimum absolute atomic E-state index is 0.0974. The van der Waals surface area contributed by atoms with Gasteiger partial charge < -0.3 is 10.2 Å². The second kappa shape index (κ2) is 3.81. The normalized spacial score (nSPS) is 17.2. The zero-order chi connectivity index (χ0) is 11.7. The molecular weight excluding hydrogens is 208 g/mol. The van der Waals surface area contributed by atoms with Crippen LogP contribution in [0, 0.1) is 0 Å². The molecule has 82 valence electrons. The SMILES string of the molecule is O=C(O)/C=C1/CCc2c(O)cccc2C1=O. The molecule has 4 nitrogen and oxygen atoms in total. The van der Waals surface area contributed by atoms with E-state index in [9.17, 15) is 14.7 Å². The summed E-state index contributed by atoms with van der Waals surface area (Å²) in [5.74, 6) is -1.33. The third kappa shape index (κ3) is 1.69. The summed E-state index contributed by atoms with van der Waals surface area (Å²) in [6.07, 6.45) is 1.79. The zero-order valence-electron chi connectivity index (χ0n) is 8.43. The summed E-state index contributed by atoms with van der Waals surface area (Å²) >= 11 is 0. The van der Waals surface area contributed by atoms with Crippen molar-refractivity contribution in [1.29, 1.82) is 0 Å². The van der Waals surface area contributed by atoms with Gasteiger partial charge in [0.2, 0.25) is 0 Å². The topological polar surface area (TPSA) is 74.6 Å². The Balaban J connectivity index is 2.48. The molecule has 4 heteroatoms. The molecule has 2 rings (SSSR count). The molecule has 0 bridgehead atoms. The van der Waals surface area contributed by atoms with E-state index >= 15 is 0 Å². The Labute approximate surface area is 91.8 Å². The smallest absolute Gasteiger partial charge is 0.328 e. The van der Waals surface area contributed by atoms with Crippen LogP contribution < -0.4 is 0 Å². The van der Waals surface area contributed by atoms with Crippen LogP contribution in [-0.4, -0.2) is 22.0 Å². The Kier molecular flexibility index (Phi) is 2.48. The number of carboxylic acid groups (broad SMARTS) is 1. The van der Waals surface area contributed by atoms with Gasteiger partial charge in [0.25, 0.3) is 0 Å². The van der Waals surface area contributed by atoms with E-state index < -0.39 is 5.97 Å². The number of fused-ring (bicyclic) bond motifs is 1. The molecule has 0 saturated carbocycles. The quantitative estimate of drug-likeness (QED) is 0.701. The number of aromatic hydroxyl groups is 1. The van der Waals surface area contributed by atoms with Crippen molar-refractivity contribution >= 4 is 11.8 Å². The van der Waals surface area contributed by atoms with Gasteiger partial charge in [-0.2, -0.15) is 0 Å². The van der Waals surface area contributed by atoms with Gasteiger partial charge in [0.1, 0.15) is 5.75 Å². The predicted molar refractivity (Wildman–Crippen MR) is 56.5 cm³/mol. The van der Waals surface area contributed by atoms with Crippen LogP contribution in [0.4, 0.5) is 0 Å². The standard InChI is InChI=1S/C12H10O4/c13-10-3-1-2-9-8(10)5-4-7(12(9)16)6-11(14)15/h1-3,6,13H,4-5H2,(H,14,15)/b7-6-. The Bertz CT molecular complexity index is 500. The molecule has 1 aliphatic rings. The van der Waals surface area contributed by atoms with Gasteiger partial charge in [-0.3, -0.25) is 4.79 Å². The molecule has 0 fully saturated rings. The summed E-state index contributed by atoms with van der Waals surface area (Å²) in [6, 6.07) is 4.71. The zero-order valence-corrected chi connectivity index (χ0v) is 8.43. The van der Waals surface area contributed by atoms with Crippen LogP contribution in [-0.2, 0) is 11.2 Å². The molecule has 16 heavy (non-hydrogen) atoms. The number of carboxylic acids is 1. The van der Waals surface area contributed by atoms with Crippen LogP contribution in [0.2, 0.25) is 0 Å². The lowest BCUT2D eigenvalue weighted by atomic mass is 9.86. The maximum atomic E-state index is 11.9. The number of carbonyl (C=O) groups excluding carboxylic acids is 1. The number of hydrogen-bond donors (Lipinski definition) is 2. The van der Waals surface area contributed by atoms with E-state index in [4.69, 9.17) is 5.11 Å². The maximum absolute atomic E-state index is 11.9. The van der Waals surface area contributed by atoms with Crippen molar-refractivity contribution in [2.24, 2.45) is 0 Å². The second-order valence-corrected chi connectivity index (χ2v) is 3.64. The number of benzene rings is 1. The van der Waals surface area contributed by atoms with Crippen molar-refractivity contribution in [2.45, 2.75) is 12.8 Å². The lowest BCUT2D eigenvalue weighted by Gasteiger charge is -2.17. The van der Waals surface area contributed by atoms with Crippen LogP contribution >= 0.6 is 0 Å². The first-order valence-corrected chi connectivity index (χ1v) is 4.88. The number of rotatable bonds is 1. The predicted octanol–water partition coefficient (Wildman–Crippen LogP) is 1.53. The molecule has 0 radical (unpaired) electrons. The molecule has 0 unspecified atom stereocenters. The molecule has 0 heterocycles. The van der Waals surface area contributed by atoms with E-state index in [1.54, 1.807) is 12.1 Å². The third-order valence-corrected chi connectivity index (χ3v) is 2.63. The molecule has 2 N–H and O–H groups in total. The van der Waals surface area contributed by atoms with Crippen LogP contribution in [0.25, 0.3) is 0 Å². The summed E-state index contributed by atoms with van der Waals surface area (Å²) in [7, 11) is 0. The number of carbonyl (C=O) groups is 2. The van der Waals surface area contributed by atoms with Gasteiger partial charge in [0, 0.05) is 22.8 Å². The van der Waals surface area contributed by atoms with Crippen molar-refractivity contribution in [2.75, 3.05) is 0 Å². The van der Waals surface area contributed by atoms with E-state index in [1.165, 1.54) is 6.07 Å². The number of Topliss-reactive ketones (excluding diaryl/α,β-unsaturated/α-hetero) is 1. The average Bonchev–Trinajstić information content (AvgIpc) is 2.23. The van der Waals surface area contributed by atoms with Crippen molar-refractivity contribution < 1.29 is 19.8 Å². The Morgan fingerprint density at radius 3 is 2.75 bits per heavy atom. The van der Waals surface area contributed by atoms with Crippen molar-refractivity contribution in [3.05, 3.63) is 41.0 Å². The third-order valence-electron chi connectivity index (χ3n) is 2.63. The molecular formula is C12H10O4. The summed E-state index contributed by atoms with van der Waals surface area (Å²) < 4.78 is 0. The number of phenolic OH excluding ortho intramolecular Hbond substituents is 1. The van der Waals surface area contributed by atoms with E-state index in [0.717, 1.165) is 6.08 Å². The molecule has 0 aromatic heterocycles. The first kappa shape index (κ1) is 10.4. The Morgan fingerprint density at radius 1 is 1.31 bits per heavy atom. The van der Waals surface area contributed by atoms with Crippen LogP contribution in [0.3, 0.4) is 0 Å². The maximum Gasteiger partial charge on any atom is 0.328 e. The molecule has 0 spiro atoms. The van der Waals surface area contributed by atoms with Gasteiger partial charge in [0.15, 0.2) is 5.78 Å². The molecule has 1 aromatic rings. The highest BCUT2D eigenvalue weighted by atomic mass is 16.4. The highest BCUT2D eigenvalue weighted by Gasteiger charge is 2.24. The van der Waals surface area contributed by atoms with Crippen LogP contribution in [0.1, 0.15) is 22.3 Å². The second-order valence-electron chi connectivity index (χ2n) is 3.64. The molecule has 1 aromatic carbocycles. The number of hydrogen-bond acceptors (Lipinski definition) is 3. The monoisotopic (exact) mass is 218 g/mol. The van der Waals surface area contributed by atoms with Crippen LogP contribution in [0.5, 0.6) is 5.75 Å². The fourth-order valence-electron chi connectivity index (χ4n) is 1.88.